The number of aryl methyl sites for hydroxylation is 1. The van der Waals surface area contributed by atoms with Crippen molar-refractivity contribution >= 4 is 15.7 Å². The van der Waals surface area contributed by atoms with Gasteiger partial charge in [0.1, 0.15) is 4.90 Å². The van der Waals surface area contributed by atoms with Crippen LogP contribution in [0.3, 0.4) is 0 Å². The molecule has 0 fully saturated rings. The maximum absolute atomic E-state index is 12.7. The van der Waals surface area contributed by atoms with Crippen molar-refractivity contribution in [2.24, 2.45) is 0 Å². The van der Waals surface area contributed by atoms with Crippen LogP contribution >= 0.6 is 0 Å². The minimum absolute atomic E-state index is 0.151. The zero-order valence-electron chi connectivity index (χ0n) is 13.7. The van der Waals surface area contributed by atoms with Crippen LogP contribution in [0.25, 0.3) is 0 Å². The van der Waals surface area contributed by atoms with Gasteiger partial charge in [-0.1, -0.05) is 39.0 Å². The summed E-state index contributed by atoms with van der Waals surface area (Å²) in [5.74, 6) is 0. The number of anilines is 1. The molecule has 0 radical (unpaired) electrons. The molecule has 0 saturated carbocycles. The lowest BCUT2D eigenvalue weighted by atomic mass is 9.86. The molecule has 0 bridgehead atoms. The molecule has 6 heteroatoms. The number of rotatable bonds is 4. The first-order valence-corrected chi connectivity index (χ1v) is 8.80. The molecule has 0 spiro atoms. The van der Waals surface area contributed by atoms with Crippen LogP contribution in [0.1, 0.15) is 39.0 Å². The molecular weight excluding hydrogens is 298 g/mol. The molecule has 1 aromatic carbocycles. The third-order valence-corrected chi connectivity index (χ3v) is 5.10. The Kier molecular flexibility index (Phi) is 4.33. The molecule has 2 rings (SSSR count). The summed E-state index contributed by atoms with van der Waals surface area (Å²) >= 11 is 0. The van der Waals surface area contributed by atoms with Gasteiger partial charge in [0.25, 0.3) is 10.0 Å². The van der Waals surface area contributed by atoms with Crippen molar-refractivity contribution in [3.8, 4) is 0 Å². The number of aromatic nitrogens is 2. The topological polar surface area (TPSA) is 64.0 Å². The van der Waals surface area contributed by atoms with Crippen LogP contribution in [0.4, 0.5) is 5.69 Å². The summed E-state index contributed by atoms with van der Waals surface area (Å²) in [4.78, 5) is 0.220. The Morgan fingerprint density at radius 2 is 1.86 bits per heavy atom. The van der Waals surface area contributed by atoms with Crippen molar-refractivity contribution in [2.75, 3.05) is 4.72 Å². The molecule has 1 heterocycles. The minimum Gasteiger partial charge on any atom is -0.279 e. The molecule has 120 valence electrons. The van der Waals surface area contributed by atoms with Gasteiger partial charge in [0.2, 0.25) is 0 Å². The molecule has 0 atom stereocenters. The monoisotopic (exact) mass is 321 g/mol. The fourth-order valence-corrected chi connectivity index (χ4v) is 3.70. The molecule has 2 aromatic rings. The van der Waals surface area contributed by atoms with E-state index in [4.69, 9.17) is 0 Å². The van der Waals surface area contributed by atoms with Crippen molar-refractivity contribution in [2.45, 2.75) is 51.5 Å². The fourth-order valence-electron chi connectivity index (χ4n) is 2.44. The highest BCUT2D eigenvalue weighted by molar-refractivity contribution is 7.92. The van der Waals surface area contributed by atoms with Gasteiger partial charge in [-0.3, -0.25) is 9.40 Å². The van der Waals surface area contributed by atoms with E-state index in [2.05, 4.69) is 30.6 Å². The van der Waals surface area contributed by atoms with Gasteiger partial charge in [-0.15, -0.1) is 0 Å². The summed E-state index contributed by atoms with van der Waals surface area (Å²) in [7, 11) is -3.65. The van der Waals surface area contributed by atoms with E-state index in [-0.39, 0.29) is 10.3 Å². The Bertz CT molecular complexity index is 771. The largest absolute Gasteiger partial charge is 0.279 e. The van der Waals surface area contributed by atoms with Gasteiger partial charge >= 0.3 is 0 Å². The van der Waals surface area contributed by atoms with Crippen LogP contribution in [0.2, 0.25) is 0 Å². The summed E-state index contributed by atoms with van der Waals surface area (Å²) in [6, 6.07) is 7.48. The van der Waals surface area contributed by atoms with E-state index in [9.17, 15) is 8.42 Å². The summed E-state index contributed by atoms with van der Waals surface area (Å²) in [5, 5.41) is 4.11. The molecule has 1 N–H and O–H groups in total. The Hall–Kier alpha value is -1.82. The highest BCUT2D eigenvalue weighted by Gasteiger charge is 2.24. The van der Waals surface area contributed by atoms with Crippen LogP contribution in [0, 0.1) is 6.92 Å². The fraction of sp³-hybridized carbons (Fsp3) is 0.438. The van der Waals surface area contributed by atoms with Crippen molar-refractivity contribution < 1.29 is 8.42 Å². The number of sulfonamides is 1. The predicted molar refractivity (Wildman–Crippen MR) is 88.6 cm³/mol. The van der Waals surface area contributed by atoms with Crippen LogP contribution in [-0.4, -0.2) is 18.2 Å². The van der Waals surface area contributed by atoms with Crippen LogP contribution in [0.15, 0.2) is 35.4 Å². The van der Waals surface area contributed by atoms with Crippen molar-refractivity contribution in [3.05, 3.63) is 41.7 Å². The van der Waals surface area contributed by atoms with Gasteiger partial charge in [-0.05, 0) is 30.9 Å². The summed E-state index contributed by atoms with van der Waals surface area (Å²) in [5.41, 5.74) is 2.06. The lowest BCUT2D eigenvalue weighted by Crippen LogP contribution is -2.19. The highest BCUT2D eigenvalue weighted by Crippen LogP contribution is 2.31. The smallest absolute Gasteiger partial charge is 0.265 e. The zero-order valence-corrected chi connectivity index (χ0v) is 14.5. The Morgan fingerprint density at radius 3 is 2.41 bits per heavy atom. The molecule has 0 aliphatic rings. The number of hydrogen-bond donors (Lipinski definition) is 1. The standard InChI is InChI=1S/C16H23N3O2S/c1-6-19-12(2)15(11-17-19)22(20,21)18-14-10-8-7-9-13(14)16(3,4)5/h7-11,18H,6H2,1-5H3. The first kappa shape index (κ1) is 16.5. The lowest BCUT2D eigenvalue weighted by molar-refractivity contribution is 0.589. The number of nitrogens with zero attached hydrogens (tertiary/aromatic N) is 2. The van der Waals surface area contributed by atoms with Gasteiger partial charge in [-0.25, -0.2) is 8.42 Å². The number of nitrogens with one attached hydrogen (secondary N) is 1. The average molecular weight is 321 g/mol. The van der Waals surface area contributed by atoms with Crippen LogP contribution in [-0.2, 0) is 22.0 Å². The van der Waals surface area contributed by atoms with E-state index in [0.29, 0.717) is 17.9 Å². The second kappa shape index (κ2) is 5.76. The second-order valence-corrected chi connectivity index (χ2v) is 7.96. The highest BCUT2D eigenvalue weighted by atomic mass is 32.2. The molecular formula is C16H23N3O2S. The SMILES string of the molecule is CCn1ncc(S(=O)(=O)Nc2ccccc2C(C)(C)C)c1C. The summed E-state index contributed by atoms with van der Waals surface area (Å²) < 4.78 is 29.7. The summed E-state index contributed by atoms with van der Waals surface area (Å²) in [6.07, 6.45) is 1.40. The van der Waals surface area contributed by atoms with Crippen LogP contribution in [0.5, 0.6) is 0 Å². The Balaban J connectivity index is 2.44. The lowest BCUT2D eigenvalue weighted by Gasteiger charge is -2.23. The second-order valence-electron chi connectivity index (χ2n) is 6.31. The van der Waals surface area contributed by atoms with E-state index in [0.717, 1.165) is 5.56 Å². The van der Waals surface area contributed by atoms with Gasteiger partial charge in [0.15, 0.2) is 0 Å². The van der Waals surface area contributed by atoms with E-state index >= 15 is 0 Å². The van der Waals surface area contributed by atoms with E-state index in [1.165, 1.54) is 6.20 Å². The van der Waals surface area contributed by atoms with E-state index in [1.807, 2.05) is 25.1 Å². The maximum Gasteiger partial charge on any atom is 0.265 e. The Morgan fingerprint density at radius 1 is 1.23 bits per heavy atom. The van der Waals surface area contributed by atoms with Gasteiger partial charge in [0.05, 0.1) is 17.6 Å². The number of benzene rings is 1. The quantitative estimate of drug-likeness (QED) is 0.939. The first-order valence-electron chi connectivity index (χ1n) is 7.31. The minimum atomic E-state index is -3.65. The normalized spacial score (nSPS) is 12.4. The predicted octanol–water partition coefficient (Wildman–Crippen LogP) is 3.31. The number of hydrogen-bond acceptors (Lipinski definition) is 3. The van der Waals surface area contributed by atoms with E-state index in [1.54, 1.807) is 17.7 Å². The third-order valence-electron chi connectivity index (χ3n) is 3.63. The van der Waals surface area contributed by atoms with Crippen molar-refractivity contribution in [3.63, 3.8) is 0 Å². The molecule has 5 nitrogen and oxygen atoms in total. The Labute approximate surface area is 132 Å². The first-order chi connectivity index (χ1) is 10.2. The molecule has 0 amide bonds. The zero-order chi connectivity index (χ0) is 16.5. The number of para-hydroxylation sites is 1. The summed E-state index contributed by atoms with van der Waals surface area (Å²) in [6.45, 7) is 10.5. The van der Waals surface area contributed by atoms with Gasteiger partial charge in [-0.2, -0.15) is 5.10 Å². The van der Waals surface area contributed by atoms with Gasteiger partial charge < -0.3 is 0 Å². The molecule has 0 aliphatic carbocycles. The maximum atomic E-state index is 12.7. The molecule has 0 saturated heterocycles. The van der Waals surface area contributed by atoms with E-state index < -0.39 is 10.0 Å². The molecule has 1 aromatic heterocycles. The van der Waals surface area contributed by atoms with Crippen molar-refractivity contribution in [1.82, 2.24) is 9.78 Å². The molecule has 0 unspecified atom stereocenters. The molecule has 22 heavy (non-hydrogen) atoms. The van der Waals surface area contributed by atoms with Crippen LogP contribution < -0.4 is 4.72 Å². The van der Waals surface area contributed by atoms with Crippen molar-refractivity contribution in [1.29, 1.82) is 0 Å². The average Bonchev–Trinajstić information content (AvgIpc) is 2.79. The molecule has 0 aliphatic heterocycles. The van der Waals surface area contributed by atoms with Gasteiger partial charge in [0, 0.05) is 6.54 Å². The third kappa shape index (κ3) is 3.16.